The van der Waals surface area contributed by atoms with Crippen molar-refractivity contribution in [2.75, 3.05) is 43.8 Å². The highest BCUT2D eigenvalue weighted by molar-refractivity contribution is 7.22. The van der Waals surface area contributed by atoms with Crippen LogP contribution in [0.2, 0.25) is 20.1 Å². The Labute approximate surface area is 504 Å². The molecule has 8 aromatic rings. The Kier molecular flexibility index (Phi) is 14.2. The van der Waals surface area contributed by atoms with E-state index < -0.39 is 18.9 Å². The molecule has 4 aliphatic carbocycles. The van der Waals surface area contributed by atoms with Crippen LogP contribution in [0.25, 0.3) is 42.9 Å². The van der Waals surface area contributed by atoms with Crippen molar-refractivity contribution in [3.8, 4) is 34.0 Å². The Bertz CT molecular complexity index is 3850. The highest BCUT2D eigenvalue weighted by Gasteiger charge is 2.55. The number of aromatic nitrogens is 4. The number of aliphatic hydroxyl groups excluding tert-OH is 1. The molecule has 2 unspecified atom stereocenters. The predicted molar refractivity (Wildman–Crippen MR) is 316 cm³/mol. The molecule has 434 valence electrons. The average molecular weight is 1250 g/mol. The first-order chi connectivity index (χ1) is 40.0. The standard InChI is InChI=1S/C60H57Cl4FN6O10S2/c1-27-16-59(25-70(27)57-66-51-42(76-2)11-29(55(72)73)13-44(51)82-57)18-32(19-59)79-24-38-49(46-39(61)5-4-6-40(46)62)68-81-54(38)36-15-35(36)34-9-10-41(63)47(48(34)64)50-37(53(80-69-50)28-7-8-28)23-78-33-20-60(21-33)17-31(22-65)71(26-60)58-67-52-43(77-3)12-30(56(74)75)14-45(52)83-58/h4-6,9-14,27-28,31-33,35-36,55,72-73H,7-8,15-26H2,1-3H3,(H,74,75)/t27-,31+,32?,33?,35?,36?,59?,60?/m1/s1. The number of alkyl halides is 1. The zero-order valence-corrected chi connectivity index (χ0v) is 50.0. The molecule has 2 spiro atoms. The third-order valence-corrected chi connectivity index (χ3v) is 21.6. The van der Waals surface area contributed by atoms with E-state index in [0.29, 0.717) is 99.3 Å². The number of ether oxygens (including phenoxy) is 4. The molecule has 23 heteroatoms. The normalized spacial score (nSPS) is 25.6. The van der Waals surface area contributed by atoms with E-state index in [1.165, 1.54) is 35.8 Å². The zero-order valence-electron chi connectivity index (χ0n) is 45.3. The Hall–Kier alpha value is -5.32. The van der Waals surface area contributed by atoms with Crippen LogP contribution in [0.15, 0.2) is 63.6 Å². The number of methoxy groups -OCH3 is 2. The average Bonchev–Trinajstić information content (AvgIpc) is 2.50. The Morgan fingerprint density at radius 1 is 0.747 bits per heavy atom. The monoisotopic (exact) mass is 1240 g/mol. The van der Waals surface area contributed by atoms with Crippen LogP contribution < -0.4 is 19.3 Å². The van der Waals surface area contributed by atoms with Gasteiger partial charge in [-0.15, -0.1) is 0 Å². The molecule has 4 aromatic heterocycles. The smallest absolute Gasteiger partial charge is 0.335 e. The lowest BCUT2D eigenvalue weighted by Gasteiger charge is -2.44. The Balaban J connectivity index is 0.671. The van der Waals surface area contributed by atoms with Crippen molar-refractivity contribution in [1.82, 2.24) is 20.3 Å². The fourth-order valence-corrected chi connectivity index (χ4v) is 17.4. The number of rotatable bonds is 18. The number of aromatic carboxylic acids is 1. The first-order valence-corrected chi connectivity index (χ1v) is 31.0. The van der Waals surface area contributed by atoms with Gasteiger partial charge in [0.1, 0.15) is 52.1 Å². The van der Waals surface area contributed by atoms with Crippen molar-refractivity contribution < 1.29 is 52.5 Å². The second-order valence-electron chi connectivity index (χ2n) is 23.7. The van der Waals surface area contributed by atoms with E-state index in [-0.39, 0.29) is 71.7 Å². The first-order valence-electron chi connectivity index (χ1n) is 27.8. The third-order valence-electron chi connectivity index (χ3n) is 18.2. The molecule has 6 aliphatic rings. The molecular weight excluding hydrogens is 1190 g/mol. The maximum absolute atomic E-state index is 14.8. The maximum Gasteiger partial charge on any atom is 0.335 e. The summed E-state index contributed by atoms with van der Waals surface area (Å²) in [6, 6.07) is 15.5. The molecule has 4 atom stereocenters. The lowest BCUT2D eigenvalue weighted by atomic mass is 9.65. The number of anilines is 2. The van der Waals surface area contributed by atoms with Gasteiger partial charge in [-0.25, -0.2) is 19.2 Å². The SMILES string of the molecule is COc1cc(C(=O)O)cc2sc(N3CC4(CC(OCc5c(-c6c(Cl)ccc(C7CC7c7onc(-c8c(Cl)cccc8Cl)c7COC7CC8(C7)C[C@@H](C)N(c7nc9c(OC)cc(C(O)O)cc9s7)C8)c6Cl)noc5C5CC5)C4)C[C@H]3CF)nc12. The van der Waals surface area contributed by atoms with Gasteiger partial charge in [0, 0.05) is 58.8 Å². The summed E-state index contributed by atoms with van der Waals surface area (Å²) in [4.78, 5) is 26.0. The van der Waals surface area contributed by atoms with E-state index >= 15 is 0 Å². The quantitative estimate of drug-likeness (QED) is 0.0685. The van der Waals surface area contributed by atoms with Crippen LogP contribution >= 0.6 is 69.1 Å². The summed E-state index contributed by atoms with van der Waals surface area (Å²) in [7, 11) is 3.04. The molecule has 4 aromatic carbocycles. The van der Waals surface area contributed by atoms with Crippen molar-refractivity contribution in [2.45, 2.75) is 126 Å². The maximum atomic E-state index is 14.8. The van der Waals surface area contributed by atoms with Gasteiger partial charge >= 0.3 is 5.97 Å². The molecule has 2 saturated heterocycles. The number of nitrogens with zero attached hydrogens (tertiary/aromatic N) is 6. The number of carboxylic acids is 1. The lowest BCUT2D eigenvalue weighted by molar-refractivity contribution is -0.0809. The molecule has 16 nitrogen and oxygen atoms in total. The van der Waals surface area contributed by atoms with Gasteiger partial charge in [0.2, 0.25) is 0 Å². The topological polar surface area (TPSA) is 199 Å². The molecule has 83 heavy (non-hydrogen) atoms. The summed E-state index contributed by atoms with van der Waals surface area (Å²) in [6.45, 7) is 3.57. The number of fused-ring (bicyclic) bond motifs is 2. The molecular formula is C60H57Cl4FN6O10S2. The summed E-state index contributed by atoms with van der Waals surface area (Å²) in [5.41, 5.74) is 6.35. The molecule has 0 amide bonds. The van der Waals surface area contributed by atoms with Crippen molar-refractivity contribution >= 4 is 106 Å². The molecule has 14 rings (SSSR count). The van der Waals surface area contributed by atoms with Gasteiger partial charge in [-0.3, -0.25) is 0 Å². The van der Waals surface area contributed by atoms with Gasteiger partial charge in [-0.1, -0.05) is 91.5 Å². The molecule has 2 aliphatic heterocycles. The predicted octanol–water partition coefficient (Wildman–Crippen LogP) is 14.6. The summed E-state index contributed by atoms with van der Waals surface area (Å²) in [5.74, 6) is 1.35. The van der Waals surface area contributed by atoms with Gasteiger partial charge in [-0.05, 0) is 129 Å². The Morgan fingerprint density at radius 2 is 1.33 bits per heavy atom. The van der Waals surface area contributed by atoms with E-state index in [4.69, 9.17) is 84.4 Å². The second kappa shape index (κ2) is 21.3. The largest absolute Gasteiger partial charge is 0.494 e. The van der Waals surface area contributed by atoms with E-state index in [1.807, 2.05) is 17.0 Å². The number of aliphatic hydroxyl groups is 2. The number of benzene rings is 4. The number of thiazole rings is 2. The number of hydrogen-bond donors (Lipinski definition) is 3. The fraction of sp³-hybridized carbons (Fsp3) is 0.450. The molecule has 0 radical (unpaired) electrons. The number of hydrogen-bond acceptors (Lipinski definition) is 17. The fourth-order valence-electron chi connectivity index (χ4n) is 13.9. The van der Waals surface area contributed by atoms with Crippen molar-refractivity contribution in [3.63, 3.8) is 0 Å². The molecule has 6 heterocycles. The molecule has 3 N–H and O–H groups in total. The van der Waals surface area contributed by atoms with E-state index in [2.05, 4.69) is 22.1 Å². The molecule has 4 saturated carbocycles. The number of halogens is 5. The summed E-state index contributed by atoms with van der Waals surface area (Å²) < 4.78 is 53.3. The number of carboxylic acid groups (broad SMARTS) is 1. The van der Waals surface area contributed by atoms with Crippen molar-refractivity contribution in [3.05, 3.63) is 114 Å². The third kappa shape index (κ3) is 9.82. The van der Waals surface area contributed by atoms with E-state index in [0.717, 1.165) is 90.2 Å². The van der Waals surface area contributed by atoms with Crippen LogP contribution in [0.1, 0.15) is 133 Å². The minimum Gasteiger partial charge on any atom is -0.494 e. The molecule has 0 bridgehead atoms. The van der Waals surface area contributed by atoms with Crippen LogP contribution in [-0.4, -0.2) is 99.8 Å². The summed E-state index contributed by atoms with van der Waals surface area (Å²) >= 11 is 31.2. The van der Waals surface area contributed by atoms with E-state index in [1.54, 1.807) is 43.5 Å². The summed E-state index contributed by atoms with van der Waals surface area (Å²) in [5, 5.41) is 42.1. The van der Waals surface area contributed by atoms with Crippen LogP contribution in [0.5, 0.6) is 11.5 Å². The second-order valence-corrected chi connectivity index (χ2v) is 27.3. The highest BCUT2D eigenvalue weighted by Crippen LogP contribution is 2.61. The Morgan fingerprint density at radius 3 is 1.95 bits per heavy atom. The van der Waals surface area contributed by atoms with Gasteiger partial charge in [0.25, 0.3) is 0 Å². The molecule has 6 fully saturated rings. The van der Waals surface area contributed by atoms with E-state index in [9.17, 15) is 24.5 Å². The highest BCUT2D eigenvalue weighted by atomic mass is 35.5. The van der Waals surface area contributed by atoms with Crippen LogP contribution in [-0.2, 0) is 22.7 Å². The van der Waals surface area contributed by atoms with Gasteiger partial charge in [0.05, 0.1) is 80.7 Å². The van der Waals surface area contributed by atoms with Crippen LogP contribution in [0.3, 0.4) is 0 Å². The zero-order chi connectivity index (χ0) is 57.4. The first kappa shape index (κ1) is 55.5. The van der Waals surface area contributed by atoms with Gasteiger partial charge in [-0.2, -0.15) is 0 Å². The minimum atomic E-state index is -1.62. The summed E-state index contributed by atoms with van der Waals surface area (Å²) in [6.07, 6.45) is 5.78. The van der Waals surface area contributed by atoms with Gasteiger partial charge in [0.15, 0.2) is 16.6 Å². The number of carbonyl (C=O) groups is 1. The van der Waals surface area contributed by atoms with Gasteiger partial charge < -0.3 is 53.1 Å². The minimum absolute atomic E-state index is 0.0144. The van der Waals surface area contributed by atoms with Crippen LogP contribution in [0.4, 0.5) is 14.7 Å². The van der Waals surface area contributed by atoms with Crippen molar-refractivity contribution in [2.24, 2.45) is 10.8 Å². The lowest BCUT2D eigenvalue weighted by Crippen LogP contribution is -2.44. The van der Waals surface area contributed by atoms with Crippen LogP contribution in [0, 0.1) is 10.8 Å². The van der Waals surface area contributed by atoms with Crippen molar-refractivity contribution in [1.29, 1.82) is 0 Å².